The monoisotopic (exact) mass is 258 g/mol. The Labute approximate surface area is 115 Å². The third kappa shape index (κ3) is 6.08. The summed E-state index contributed by atoms with van der Waals surface area (Å²) in [6.45, 7) is 4.46. The molecule has 1 rings (SSSR count). The molecule has 0 amide bonds. The van der Waals surface area contributed by atoms with E-state index in [0.29, 0.717) is 12.2 Å². The van der Waals surface area contributed by atoms with E-state index in [9.17, 15) is 4.79 Å². The molecule has 0 aliphatic carbocycles. The van der Waals surface area contributed by atoms with E-state index in [-0.39, 0.29) is 5.97 Å². The molecule has 0 aliphatic rings. The standard InChI is InChI=1S/C17H22O2/c1-3-5-12-16(13-6-4-2)17(18)19-14-15-10-8-7-9-11-15/h5,7-11H,3-4,6,13-14H2,1-2H3. The normalized spacial score (nSPS) is 9.58. The number of benzene rings is 1. The fourth-order valence-corrected chi connectivity index (χ4v) is 1.62. The summed E-state index contributed by atoms with van der Waals surface area (Å²) in [6, 6.07) is 9.72. The summed E-state index contributed by atoms with van der Waals surface area (Å²) >= 11 is 0. The number of ether oxygens (including phenoxy) is 1. The topological polar surface area (TPSA) is 26.3 Å². The highest BCUT2D eigenvalue weighted by Crippen LogP contribution is 2.10. The predicted molar refractivity (Wildman–Crippen MR) is 77.7 cm³/mol. The number of unbranched alkanes of at least 4 members (excludes halogenated alkanes) is 1. The first-order valence-electron chi connectivity index (χ1n) is 6.93. The number of rotatable bonds is 7. The third-order valence-corrected chi connectivity index (χ3v) is 2.72. The fourth-order valence-electron chi connectivity index (χ4n) is 1.62. The van der Waals surface area contributed by atoms with E-state index in [0.717, 1.165) is 31.2 Å². The van der Waals surface area contributed by atoms with Crippen LogP contribution in [0.5, 0.6) is 0 Å². The summed E-state index contributed by atoms with van der Waals surface area (Å²) in [5.41, 5.74) is 4.71. The van der Waals surface area contributed by atoms with Gasteiger partial charge < -0.3 is 4.74 Å². The maximum absolute atomic E-state index is 12.0. The minimum Gasteiger partial charge on any atom is -0.457 e. The van der Waals surface area contributed by atoms with E-state index in [1.807, 2.05) is 43.3 Å². The number of esters is 1. The Hall–Kier alpha value is -1.79. The summed E-state index contributed by atoms with van der Waals surface area (Å²) < 4.78 is 5.33. The predicted octanol–water partition coefficient (Wildman–Crippen LogP) is 4.41. The Balaban J connectivity index is 2.59. The number of carbonyl (C=O) groups is 1. The van der Waals surface area contributed by atoms with Gasteiger partial charge in [0.05, 0.1) is 5.57 Å². The van der Waals surface area contributed by atoms with Crippen LogP contribution in [0.3, 0.4) is 0 Å². The van der Waals surface area contributed by atoms with Crippen molar-refractivity contribution in [3.05, 3.63) is 53.3 Å². The highest BCUT2D eigenvalue weighted by molar-refractivity contribution is 5.88. The highest BCUT2D eigenvalue weighted by Gasteiger charge is 2.10. The van der Waals surface area contributed by atoms with Gasteiger partial charge in [-0.2, -0.15) is 0 Å². The molecule has 1 aromatic rings. The maximum atomic E-state index is 12.0. The second-order valence-corrected chi connectivity index (χ2v) is 4.40. The van der Waals surface area contributed by atoms with Crippen LogP contribution in [0.15, 0.2) is 47.7 Å². The van der Waals surface area contributed by atoms with Crippen LogP contribution in [0.1, 0.15) is 45.1 Å². The van der Waals surface area contributed by atoms with Crippen LogP contribution in [0.25, 0.3) is 0 Å². The van der Waals surface area contributed by atoms with Crippen LogP contribution >= 0.6 is 0 Å². The van der Waals surface area contributed by atoms with Crippen LogP contribution in [0, 0.1) is 0 Å². The van der Waals surface area contributed by atoms with Gasteiger partial charge in [0, 0.05) is 0 Å². The summed E-state index contributed by atoms with van der Waals surface area (Å²) in [7, 11) is 0. The van der Waals surface area contributed by atoms with E-state index >= 15 is 0 Å². The van der Waals surface area contributed by atoms with Gasteiger partial charge >= 0.3 is 5.97 Å². The average Bonchev–Trinajstić information content (AvgIpc) is 2.46. The van der Waals surface area contributed by atoms with Crippen molar-refractivity contribution < 1.29 is 9.53 Å². The Morgan fingerprint density at radius 3 is 2.63 bits per heavy atom. The fraction of sp³-hybridized carbons (Fsp3) is 0.412. The number of hydrogen-bond acceptors (Lipinski definition) is 2. The molecule has 0 aromatic heterocycles. The average molecular weight is 258 g/mol. The van der Waals surface area contributed by atoms with Gasteiger partial charge in [-0.1, -0.05) is 50.6 Å². The summed E-state index contributed by atoms with van der Waals surface area (Å²) in [5.74, 6) is -0.248. The van der Waals surface area contributed by atoms with Crippen molar-refractivity contribution in [3.8, 4) is 0 Å². The molecular formula is C17H22O2. The molecule has 0 radical (unpaired) electrons. The largest absolute Gasteiger partial charge is 0.457 e. The van der Waals surface area contributed by atoms with Gasteiger partial charge in [-0.15, -0.1) is 5.73 Å². The van der Waals surface area contributed by atoms with E-state index < -0.39 is 0 Å². The molecule has 1 aromatic carbocycles. The molecule has 0 spiro atoms. The molecule has 2 heteroatoms. The lowest BCUT2D eigenvalue weighted by molar-refractivity contribution is -0.140. The molecule has 0 atom stereocenters. The van der Waals surface area contributed by atoms with Crippen molar-refractivity contribution in [2.75, 3.05) is 0 Å². The zero-order chi connectivity index (χ0) is 13.9. The smallest absolute Gasteiger partial charge is 0.342 e. The van der Waals surface area contributed by atoms with Crippen molar-refractivity contribution in [1.82, 2.24) is 0 Å². The molecule has 0 N–H and O–H groups in total. The van der Waals surface area contributed by atoms with Crippen LogP contribution in [0.2, 0.25) is 0 Å². The quantitative estimate of drug-likeness (QED) is 0.411. The molecular weight excluding hydrogens is 236 g/mol. The van der Waals surface area contributed by atoms with Crippen molar-refractivity contribution >= 4 is 5.97 Å². The van der Waals surface area contributed by atoms with Crippen LogP contribution in [-0.4, -0.2) is 5.97 Å². The van der Waals surface area contributed by atoms with Gasteiger partial charge in [0.15, 0.2) is 0 Å². The first kappa shape index (κ1) is 15.3. The molecule has 0 aliphatic heterocycles. The Morgan fingerprint density at radius 2 is 2.00 bits per heavy atom. The second kappa shape index (κ2) is 9.18. The molecule has 19 heavy (non-hydrogen) atoms. The highest BCUT2D eigenvalue weighted by atomic mass is 16.5. The third-order valence-electron chi connectivity index (χ3n) is 2.72. The van der Waals surface area contributed by atoms with Gasteiger partial charge in [0.25, 0.3) is 0 Å². The minimum absolute atomic E-state index is 0.248. The Kier molecular flexibility index (Phi) is 7.38. The molecule has 0 fully saturated rings. The van der Waals surface area contributed by atoms with Crippen molar-refractivity contribution in [2.24, 2.45) is 0 Å². The molecule has 0 heterocycles. The van der Waals surface area contributed by atoms with Crippen molar-refractivity contribution in [1.29, 1.82) is 0 Å². The van der Waals surface area contributed by atoms with E-state index in [1.54, 1.807) is 0 Å². The molecule has 0 unspecified atom stereocenters. The number of carbonyl (C=O) groups excluding carboxylic acids is 1. The van der Waals surface area contributed by atoms with Gasteiger partial charge in [-0.3, -0.25) is 0 Å². The molecule has 102 valence electrons. The molecule has 2 nitrogen and oxygen atoms in total. The van der Waals surface area contributed by atoms with Crippen LogP contribution < -0.4 is 0 Å². The van der Waals surface area contributed by atoms with Crippen molar-refractivity contribution in [2.45, 2.75) is 46.1 Å². The summed E-state index contributed by atoms with van der Waals surface area (Å²) in [6.07, 6.45) is 5.54. The van der Waals surface area contributed by atoms with E-state index in [2.05, 4.69) is 12.7 Å². The maximum Gasteiger partial charge on any atom is 0.342 e. The zero-order valence-corrected chi connectivity index (χ0v) is 11.8. The van der Waals surface area contributed by atoms with Crippen LogP contribution in [-0.2, 0) is 16.1 Å². The Bertz CT molecular complexity index is 440. The second-order valence-electron chi connectivity index (χ2n) is 4.40. The van der Waals surface area contributed by atoms with Crippen molar-refractivity contribution in [3.63, 3.8) is 0 Å². The van der Waals surface area contributed by atoms with Gasteiger partial charge in [-0.05, 0) is 30.9 Å². The van der Waals surface area contributed by atoms with Gasteiger partial charge in [-0.25, -0.2) is 4.79 Å². The Morgan fingerprint density at radius 1 is 1.26 bits per heavy atom. The number of hydrogen-bond donors (Lipinski definition) is 0. The lowest BCUT2D eigenvalue weighted by atomic mass is 10.1. The molecule has 0 saturated carbocycles. The summed E-state index contributed by atoms with van der Waals surface area (Å²) in [4.78, 5) is 12.0. The van der Waals surface area contributed by atoms with E-state index in [1.165, 1.54) is 0 Å². The summed E-state index contributed by atoms with van der Waals surface area (Å²) in [5, 5.41) is 0. The minimum atomic E-state index is -0.248. The first-order valence-corrected chi connectivity index (χ1v) is 6.93. The lowest BCUT2D eigenvalue weighted by Crippen LogP contribution is -2.07. The molecule has 0 saturated heterocycles. The van der Waals surface area contributed by atoms with Gasteiger partial charge in [0.2, 0.25) is 0 Å². The lowest BCUT2D eigenvalue weighted by Gasteiger charge is -2.06. The molecule has 0 bridgehead atoms. The van der Waals surface area contributed by atoms with E-state index in [4.69, 9.17) is 4.74 Å². The zero-order valence-electron chi connectivity index (χ0n) is 11.8. The first-order chi connectivity index (χ1) is 9.27. The SMILES string of the molecule is CCC=C=C(CCCC)C(=O)OCc1ccccc1. The van der Waals surface area contributed by atoms with Crippen LogP contribution in [0.4, 0.5) is 0 Å². The van der Waals surface area contributed by atoms with Gasteiger partial charge in [0.1, 0.15) is 6.61 Å².